The number of hydrogen-bond acceptors (Lipinski definition) is 3. The van der Waals surface area contributed by atoms with E-state index >= 15 is 0 Å². The lowest BCUT2D eigenvalue weighted by molar-refractivity contribution is 0.394. The van der Waals surface area contributed by atoms with Gasteiger partial charge in [0.05, 0.1) is 0 Å². The van der Waals surface area contributed by atoms with Crippen LogP contribution in [0.1, 0.15) is 38.2 Å². The highest BCUT2D eigenvalue weighted by atomic mass is 32.2. The number of hydrogen-bond donors (Lipinski definition) is 2. The Kier molecular flexibility index (Phi) is 5.16. The van der Waals surface area contributed by atoms with Gasteiger partial charge >= 0.3 is 7.12 Å². The number of benzene rings is 1. The Balaban J connectivity index is 1.93. The zero-order valence-electron chi connectivity index (χ0n) is 10.9. The fourth-order valence-corrected chi connectivity index (χ4v) is 4.13. The maximum atomic E-state index is 9.33. The first-order valence-electron chi connectivity index (χ1n) is 6.72. The standard InChI is InChI=1S/C14H21BO2S/c1-11-5-4-7-13(9-11)18-10-12-6-2-3-8-14(12)15(16)17/h2-3,6,8,11,13,16-17H,4-5,7,9-10H2,1H3. The first kappa shape index (κ1) is 14.0. The largest absolute Gasteiger partial charge is 0.488 e. The summed E-state index contributed by atoms with van der Waals surface area (Å²) < 4.78 is 0. The third-order valence-electron chi connectivity index (χ3n) is 3.70. The summed E-state index contributed by atoms with van der Waals surface area (Å²) in [6.45, 7) is 2.33. The summed E-state index contributed by atoms with van der Waals surface area (Å²) in [5.41, 5.74) is 1.70. The summed E-state index contributed by atoms with van der Waals surface area (Å²) in [5.74, 6) is 1.72. The lowest BCUT2D eigenvalue weighted by atomic mass is 9.77. The Morgan fingerprint density at radius 2 is 2.06 bits per heavy atom. The van der Waals surface area contributed by atoms with Gasteiger partial charge in [-0.25, -0.2) is 0 Å². The predicted molar refractivity (Wildman–Crippen MR) is 79.0 cm³/mol. The SMILES string of the molecule is CC1CCCC(SCc2ccccc2B(O)O)C1. The Hall–Kier alpha value is -0.445. The number of rotatable bonds is 4. The molecule has 0 aliphatic heterocycles. The van der Waals surface area contributed by atoms with E-state index in [0.29, 0.717) is 5.46 Å². The van der Waals surface area contributed by atoms with Crippen LogP contribution in [0.25, 0.3) is 0 Å². The molecule has 0 heterocycles. The van der Waals surface area contributed by atoms with Crippen LogP contribution in [-0.4, -0.2) is 22.4 Å². The van der Waals surface area contributed by atoms with Gasteiger partial charge in [-0.05, 0) is 29.8 Å². The highest BCUT2D eigenvalue weighted by Gasteiger charge is 2.20. The molecule has 98 valence electrons. The zero-order valence-corrected chi connectivity index (χ0v) is 11.7. The molecular formula is C14H21BO2S. The zero-order chi connectivity index (χ0) is 13.0. The lowest BCUT2D eigenvalue weighted by Crippen LogP contribution is -2.32. The molecule has 1 aliphatic carbocycles. The molecule has 0 spiro atoms. The van der Waals surface area contributed by atoms with Crippen molar-refractivity contribution in [1.29, 1.82) is 0 Å². The number of thioether (sulfide) groups is 1. The van der Waals surface area contributed by atoms with Gasteiger partial charge in [0.25, 0.3) is 0 Å². The quantitative estimate of drug-likeness (QED) is 0.819. The van der Waals surface area contributed by atoms with Crippen LogP contribution in [0.3, 0.4) is 0 Å². The van der Waals surface area contributed by atoms with E-state index < -0.39 is 7.12 Å². The van der Waals surface area contributed by atoms with Crippen molar-refractivity contribution in [3.8, 4) is 0 Å². The fourth-order valence-electron chi connectivity index (χ4n) is 2.66. The molecule has 1 aromatic carbocycles. The van der Waals surface area contributed by atoms with Crippen molar-refractivity contribution in [2.45, 2.75) is 43.6 Å². The first-order chi connectivity index (χ1) is 8.66. The predicted octanol–water partition coefficient (Wildman–Crippen LogP) is 2.18. The second kappa shape index (κ2) is 6.64. The minimum Gasteiger partial charge on any atom is -0.423 e. The van der Waals surface area contributed by atoms with E-state index in [1.165, 1.54) is 25.7 Å². The molecule has 2 nitrogen and oxygen atoms in total. The van der Waals surface area contributed by atoms with E-state index in [1.54, 1.807) is 6.07 Å². The van der Waals surface area contributed by atoms with Crippen molar-refractivity contribution < 1.29 is 10.0 Å². The van der Waals surface area contributed by atoms with Crippen LogP contribution < -0.4 is 5.46 Å². The Bertz CT molecular complexity index is 384. The average molecular weight is 264 g/mol. The third-order valence-corrected chi connectivity index (χ3v) is 5.07. The molecule has 0 radical (unpaired) electrons. The van der Waals surface area contributed by atoms with Crippen LogP contribution >= 0.6 is 11.8 Å². The van der Waals surface area contributed by atoms with E-state index in [9.17, 15) is 10.0 Å². The maximum absolute atomic E-state index is 9.33. The molecule has 0 bridgehead atoms. The minimum absolute atomic E-state index is 0.647. The van der Waals surface area contributed by atoms with Crippen molar-refractivity contribution in [2.75, 3.05) is 0 Å². The molecule has 4 heteroatoms. The van der Waals surface area contributed by atoms with Crippen molar-refractivity contribution in [2.24, 2.45) is 5.92 Å². The van der Waals surface area contributed by atoms with Gasteiger partial charge in [-0.1, -0.05) is 44.0 Å². The third kappa shape index (κ3) is 3.77. The maximum Gasteiger partial charge on any atom is 0.488 e. The van der Waals surface area contributed by atoms with Crippen molar-refractivity contribution in [3.05, 3.63) is 29.8 Å². The molecule has 1 fully saturated rings. The molecular weight excluding hydrogens is 243 g/mol. The molecule has 1 aromatic rings. The molecule has 1 saturated carbocycles. The smallest absolute Gasteiger partial charge is 0.423 e. The first-order valence-corrected chi connectivity index (χ1v) is 7.77. The highest BCUT2D eigenvalue weighted by molar-refractivity contribution is 7.99. The van der Waals surface area contributed by atoms with Gasteiger partial charge in [0.2, 0.25) is 0 Å². The summed E-state index contributed by atoms with van der Waals surface area (Å²) >= 11 is 1.96. The topological polar surface area (TPSA) is 40.5 Å². The van der Waals surface area contributed by atoms with E-state index in [-0.39, 0.29) is 0 Å². The van der Waals surface area contributed by atoms with Gasteiger partial charge in [-0.2, -0.15) is 11.8 Å². The van der Waals surface area contributed by atoms with Gasteiger partial charge in [0, 0.05) is 11.0 Å². The van der Waals surface area contributed by atoms with Crippen molar-refractivity contribution in [3.63, 3.8) is 0 Å². The molecule has 0 amide bonds. The molecule has 2 atom stereocenters. The highest BCUT2D eigenvalue weighted by Crippen LogP contribution is 2.33. The molecule has 2 N–H and O–H groups in total. The average Bonchev–Trinajstić information content (AvgIpc) is 2.37. The van der Waals surface area contributed by atoms with Crippen LogP contribution in [0, 0.1) is 5.92 Å². The van der Waals surface area contributed by atoms with E-state index in [1.807, 2.05) is 30.0 Å². The van der Waals surface area contributed by atoms with Crippen LogP contribution in [0.15, 0.2) is 24.3 Å². The summed E-state index contributed by atoms with van der Waals surface area (Å²) in [6.07, 6.45) is 5.31. The normalized spacial score (nSPS) is 23.9. The van der Waals surface area contributed by atoms with Crippen LogP contribution in [-0.2, 0) is 5.75 Å². The molecule has 1 aliphatic rings. The van der Waals surface area contributed by atoms with Crippen molar-refractivity contribution in [1.82, 2.24) is 0 Å². The van der Waals surface area contributed by atoms with Crippen LogP contribution in [0.2, 0.25) is 0 Å². The van der Waals surface area contributed by atoms with Gasteiger partial charge in [-0.3, -0.25) is 0 Å². The fraction of sp³-hybridized carbons (Fsp3) is 0.571. The summed E-state index contributed by atoms with van der Waals surface area (Å²) in [7, 11) is -1.35. The van der Waals surface area contributed by atoms with Gasteiger partial charge < -0.3 is 10.0 Å². The molecule has 18 heavy (non-hydrogen) atoms. The molecule has 0 aromatic heterocycles. The second-order valence-corrected chi connectivity index (χ2v) is 6.57. The molecule has 2 rings (SSSR count). The summed E-state index contributed by atoms with van der Waals surface area (Å²) in [6, 6.07) is 7.61. The van der Waals surface area contributed by atoms with Gasteiger partial charge in [0.15, 0.2) is 0 Å². The summed E-state index contributed by atoms with van der Waals surface area (Å²) in [4.78, 5) is 0. The van der Waals surface area contributed by atoms with E-state index in [2.05, 4.69) is 6.92 Å². The second-order valence-electron chi connectivity index (χ2n) is 5.28. The Morgan fingerprint density at radius 1 is 1.28 bits per heavy atom. The van der Waals surface area contributed by atoms with Gasteiger partial charge in [-0.15, -0.1) is 0 Å². The lowest BCUT2D eigenvalue weighted by Gasteiger charge is -2.26. The van der Waals surface area contributed by atoms with E-state index in [4.69, 9.17) is 0 Å². The van der Waals surface area contributed by atoms with Crippen LogP contribution in [0.4, 0.5) is 0 Å². The summed E-state index contributed by atoms with van der Waals surface area (Å²) in [5, 5.41) is 19.4. The van der Waals surface area contributed by atoms with Crippen molar-refractivity contribution >= 4 is 24.3 Å². The molecule has 0 saturated heterocycles. The monoisotopic (exact) mass is 264 g/mol. The van der Waals surface area contributed by atoms with Crippen LogP contribution in [0.5, 0.6) is 0 Å². The minimum atomic E-state index is -1.35. The Labute approximate surface area is 114 Å². The van der Waals surface area contributed by atoms with Gasteiger partial charge in [0.1, 0.15) is 0 Å². The molecule has 2 unspecified atom stereocenters. The Morgan fingerprint density at radius 3 is 2.78 bits per heavy atom. The van der Waals surface area contributed by atoms with E-state index in [0.717, 1.165) is 22.5 Å².